The first kappa shape index (κ1) is 17.6. The van der Waals surface area contributed by atoms with Gasteiger partial charge in [0.15, 0.2) is 0 Å². The van der Waals surface area contributed by atoms with Crippen molar-refractivity contribution in [1.82, 2.24) is 14.8 Å². The smallest absolute Gasteiger partial charge is 0.230 e. The van der Waals surface area contributed by atoms with Crippen molar-refractivity contribution < 1.29 is 14.0 Å². The van der Waals surface area contributed by atoms with Crippen LogP contribution in [0.4, 0.5) is 10.1 Å². The van der Waals surface area contributed by atoms with Crippen LogP contribution < -0.4 is 5.32 Å². The summed E-state index contributed by atoms with van der Waals surface area (Å²) in [5, 5.41) is 2.66. The SMILES string of the molecule is O=C1C[C@@H](C(=O)N2CCN(Cc3cccnc3)CC2)c2ccc(F)cc2N1. The number of piperazine rings is 1. The highest BCUT2D eigenvalue weighted by molar-refractivity contribution is 6.01. The van der Waals surface area contributed by atoms with Crippen LogP contribution in [0.2, 0.25) is 0 Å². The third kappa shape index (κ3) is 3.83. The summed E-state index contributed by atoms with van der Waals surface area (Å²) in [6.07, 6.45) is 3.71. The number of hydrogen-bond acceptors (Lipinski definition) is 4. The van der Waals surface area contributed by atoms with Crippen LogP contribution in [-0.2, 0) is 16.1 Å². The lowest BCUT2D eigenvalue weighted by atomic mass is 9.89. The molecule has 27 heavy (non-hydrogen) atoms. The summed E-state index contributed by atoms with van der Waals surface area (Å²) in [6, 6.07) is 8.18. The number of pyridine rings is 1. The molecule has 3 heterocycles. The highest BCUT2D eigenvalue weighted by Gasteiger charge is 2.34. The Bertz CT molecular complexity index is 850. The van der Waals surface area contributed by atoms with Crippen LogP contribution in [0.3, 0.4) is 0 Å². The predicted octanol–water partition coefficient (Wildman–Crippen LogP) is 1.99. The van der Waals surface area contributed by atoms with Gasteiger partial charge in [-0.1, -0.05) is 12.1 Å². The van der Waals surface area contributed by atoms with E-state index in [9.17, 15) is 14.0 Å². The van der Waals surface area contributed by atoms with E-state index in [2.05, 4.69) is 15.2 Å². The summed E-state index contributed by atoms with van der Waals surface area (Å²) in [4.78, 5) is 33.2. The molecule has 0 aliphatic carbocycles. The molecular formula is C20H21FN4O2. The van der Waals surface area contributed by atoms with E-state index >= 15 is 0 Å². The number of amides is 2. The molecule has 1 aromatic heterocycles. The van der Waals surface area contributed by atoms with E-state index in [1.54, 1.807) is 12.3 Å². The highest BCUT2D eigenvalue weighted by Crippen LogP contribution is 2.34. The van der Waals surface area contributed by atoms with E-state index in [4.69, 9.17) is 0 Å². The summed E-state index contributed by atoms with van der Waals surface area (Å²) in [7, 11) is 0. The van der Waals surface area contributed by atoms with E-state index in [0.717, 1.165) is 25.2 Å². The van der Waals surface area contributed by atoms with E-state index < -0.39 is 11.7 Å². The molecule has 0 spiro atoms. The van der Waals surface area contributed by atoms with E-state index in [1.807, 2.05) is 23.2 Å². The summed E-state index contributed by atoms with van der Waals surface area (Å²) in [5.74, 6) is -1.27. The predicted molar refractivity (Wildman–Crippen MR) is 98.5 cm³/mol. The number of carbonyl (C=O) groups excluding carboxylic acids is 2. The maximum absolute atomic E-state index is 13.5. The van der Waals surface area contributed by atoms with Gasteiger partial charge in [0.05, 0.1) is 5.92 Å². The molecule has 0 radical (unpaired) electrons. The number of nitrogens with zero attached hydrogens (tertiary/aromatic N) is 3. The quantitative estimate of drug-likeness (QED) is 0.900. The topological polar surface area (TPSA) is 65.5 Å². The second-order valence-corrected chi connectivity index (χ2v) is 7.00. The monoisotopic (exact) mass is 368 g/mol. The van der Waals surface area contributed by atoms with Gasteiger partial charge in [-0.2, -0.15) is 0 Å². The van der Waals surface area contributed by atoms with Gasteiger partial charge in [-0.05, 0) is 29.3 Å². The van der Waals surface area contributed by atoms with Gasteiger partial charge in [0.25, 0.3) is 0 Å². The fraction of sp³-hybridized carbons (Fsp3) is 0.350. The number of aromatic nitrogens is 1. The first-order chi connectivity index (χ1) is 13.1. The third-order valence-corrected chi connectivity index (χ3v) is 5.17. The average molecular weight is 368 g/mol. The van der Waals surface area contributed by atoms with Crippen molar-refractivity contribution in [3.8, 4) is 0 Å². The van der Waals surface area contributed by atoms with Gasteiger partial charge in [0.2, 0.25) is 11.8 Å². The molecule has 2 aromatic rings. The molecule has 0 saturated carbocycles. The Kier molecular flexibility index (Phi) is 4.85. The van der Waals surface area contributed by atoms with Crippen LogP contribution >= 0.6 is 0 Å². The minimum Gasteiger partial charge on any atom is -0.340 e. The maximum atomic E-state index is 13.5. The Balaban J connectivity index is 1.42. The fourth-order valence-corrected chi connectivity index (χ4v) is 3.75. The zero-order valence-corrected chi connectivity index (χ0v) is 14.9. The number of hydrogen-bond donors (Lipinski definition) is 1. The Labute approximate surface area is 157 Å². The zero-order chi connectivity index (χ0) is 18.8. The van der Waals surface area contributed by atoms with Crippen molar-refractivity contribution >= 4 is 17.5 Å². The molecule has 1 atom stereocenters. The lowest BCUT2D eigenvalue weighted by Crippen LogP contribution is -2.50. The lowest BCUT2D eigenvalue weighted by Gasteiger charge is -2.37. The van der Waals surface area contributed by atoms with Crippen LogP contribution in [0.15, 0.2) is 42.7 Å². The summed E-state index contributed by atoms with van der Waals surface area (Å²) in [6.45, 7) is 3.59. The van der Waals surface area contributed by atoms with Gasteiger partial charge in [-0.15, -0.1) is 0 Å². The van der Waals surface area contributed by atoms with Crippen LogP contribution in [0.1, 0.15) is 23.5 Å². The molecule has 2 amide bonds. The van der Waals surface area contributed by atoms with Gasteiger partial charge in [0.1, 0.15) is 5.82 Å². The molecule has 1 N–H and O–H groups in total. The second kappa shape index (κ2) is 7.44. The molecule has 6 nitrogen and oxygen atoms in total. The number of nitrogens with one attached hydrogen (secondary N) is 1. The van der Waals surface area contributed by atoms with Gasteiger partial charge in [-0.25, -0.2) is 4.39 Å². The number of rotatable bonds is 3. The number of carbonyl (C=O) groups is 2. The molecular weight excluding hydrogens is 347 g/mol. The number of anilines is 1. The molecule has 0 bridgehead atoms. The van der Waals surface area contributed by atoms with Crippen molar-refractivity contribution in [1.29, 1.82) is 0 Å². The highest BCUT2D eigenvalue weighted by atomic mass is 19.1. The standard InChI is InChI=1S/C20H21FN4O2/c21-15-3-4-16-17(11-19(26)23-18(16)10-15)20(27)25-8-6-24(7-9-25)13-14-2-1-5-22-12-14/h1-5,10,12,17H,6-9,11,13H2,(H,23,26)/t17-/m1/s1. The van der Waals surface area contributed by atoms with Gasteiger partial charge >= 0.3 is 0 Å². The first-order valence-electron chi connectivity index (χ1n) is 9.09. The molecule has 2 aliphatic heterocycles. The molecule has 1 saturated heterocycles. The van der Waals surface area contributed by atoms with Crippen molar-refractivity contribution in [2.24, 2.45) is 0 Å². The van der Waals surface area contributed by atoms with Crippen LogP contribution in [0.5, 0.6) is 0 Å². The molecule has 2 aliphatic rings. The average Bonchev–Trinajstić information content (AvgIpc) is 2.68. The Hall–Kier alpha value is -2.80. The largest absolute Gasteiger partial charge is 0.340 e. The Morgan fingerprint density at radius 2 is 2.04 bits per heavy atom. The normalized spacial score (nSPS) is 20.1. The van der Waals surface area contributed by atoms with Gasteiger partial charge in [-0.3, -0.25) is 19.5 Å². The molecule has 0 unspecified atom stereocenters. The molecule has 4 rings (SSSR count). The van der Waals surface area contributed by atoms with Crippen molar-refractivity contribution in [3.05, 3.63) is 59.7 Å². The summed E-state index contributed by atoms with van der Waals surface area (Å²) >= 11 is 0. The molecule has 7 heteroatoms. The lowest BCUT2D eigenvalue weighted by molar-refractivity contribution is -0.136. The number of benzene rings is 1. The van der Waals surface area contributed by atoms with E-state index in [-0.39, 0.29) is 18.2 Å². The van der Waals surface area contributed by atoms with Crippen LogP contribution in [0, 0.1) is 5.82 Å². The van der Waals surface area contributed by atoms with E-state index in [1.165, 1.54) is 12.1 Å². The molecule has 1 aromatic carbocycles. The molecule has 140 valence electrons. The first-order valence-corrected chi connectivity index (χ1v) is 9.09. The third-order valence-electron chi connectivity index (χ3n) is 5.17. The fourth-order valence-electron chi connectivity index (χ4n) is 3.75. The number of fused-ring (bicyclic) bond motifs is 1. The van der Waals surface area contributed by atoms with Gasteiger partial charge < -0.3 is 10.2 Å². The van der Waals surface area contributed by atoms with Crippen molar-refractivity contribution in [2.75, 3.05) is 31.5 Å². The zero-order valence-electron chi connectivity index (χ0n) is 14.9. The Morgan fingerprint density at radius 3 is 2.78 bits per heavy atom. The van der Waals surface area contributed by atoms with E-state index in [0.29, 0.717) is 24.3 Å². The van der Waals surface area contributed by atoms with Crippen molar-refractivity contribution in [3.63, 3.8) is 0 Å². The molecule has 1 fully saturated rings. The number of halogens is 1. The Morgan fingerprint density at radius 1 is 1.22 bits per heavy atom. The minimum atomic E-state index is -0.542. The maximum Gasteiger partial charge on any atom is 0.230 e. The minimum absolute atomic E-state index is 0.0567. The van der Waals surface area contributed by atoms with Gasteiger partial charge in [0, 0.05) is 57.2 Å². The van der Waals surface area contributed by atoms with Crippen LogP contribution in [-0.4, -0.2) is 52.8 Å². The summed E-state index contributed by atoms with van der Waals surface area (Å²) < 4.78 is 13.5. The summed E-state index contributed by atoms with van der Waals surface area (Å²) in [5.41, 5.74) is 2.25. The second-order valence-electron chi connectivity index (χ2n) is 7.00. The van der Waals surface area contributed by atoms with Crippen molar-refractivity contribution in [2.45, 2.75) is 18.9 Å². The van der Waals surface area contributed by atoms with Crippen LogP contribution in [0.25, 0.3) is 0 Å².